The number of alkyl halides is 3. The number of nitrogens with one attached hydrogen (secondary N) is 1. The number of benzene rings is 2. The van der Waals surface area contributed by atoms with Crippen LogP contribution in [0.1, 0.15) is 21.5 Å². The van der Waals surface area contributed by atoms with E-state index in [1.54, 1.807) is 0 Å². The van der Waals surface area contributed by atoms with Gasteiger partial charge in [0.25, 0.3) is 5.91 Å². The molecule has 2 aromatic carbocycles. The number of ether oxygens (including phenoxy) is 1. The number of rotatable bonds is 5. The number of carbonyl (C=O) groups is 1. The summed E-state index contributed by atoms with van der Waals surface area (Å²) in [5.41, 5.74) is -1.78. The first-order chi connectivity index (χ1) is 12.8. The monoisotopic (exact) mass is 443 g/mol. The first-order valence-electron chi connectivity index (χ1n) is 7.27. The van der Waals surface area contributed by atoms with E-state index >= 15 is 0 Å². The normalized spacial score (nSPS) is 12.0. The van der Waals surface area contributed by atoms with Crippen LogP contribution in [0.15, 0.2) is 30.3 Å². The Morgan fingerprint density at radius 1 is 1.14 bits per heavy atom. The zero-order valence-electron chi connectivity index (χ0n) is 13.9. The van der Waals surface area contributed by atoms with Crippen molar-refractivity contribution in [1.82, 2.24) is 4.72 Å². The Balaban J connectivity index is 2.19. The van der Waals surface area contributed by atoms with Crippen LogP contribution in [0.2, 0.25) is 5.02 Å². The predicted octanol–water partition coefficient (Wildman–Crippen LogP) is 3.91. The molecule has 1 N–H and O–H groups in total. The van der Waals surface area contributed by atoms with Gasteiger partial charge in [-0.25, -0.2) is 21.9 Å². The third-order valence-electron chi connectivity index (χ3n) is 3.28. The molecule has 0 aliphatic heterocycles. The summed E-state index contributed by atoms with van der Waals surface area (Å²) in [6.07, 6.45) is -3.99. The van der Waals surface area contributed by atoms with E-state index in [0.29, 0.717) is 18.4 Å². The molecule has 1 amide bonds. The first kappa shape index (κ1) is 21.9. The van der Waals surface area contributed by atoms with Crippen molar-refractivity contribution in [3.05, 3.63) is 63.7 Å². The Morgan fingerprint density at radius 3 is 2.32 bits per heavy atom. The Kier molecular flexibility index (Phi) is 6.19. The van der Waals surface area contributed by atoms with Gasteiger partial charge in [0.2, 0.25) is 10.0 Å². The lowest BCUT2D eigenvalue weighted by molar-refractivity contribution is -0.137. The van der Waals surface area contributed by atoms with E-state index in [1.807, 2.05) is 0 Å². The molecule has 0 heterocycles. The topological polar surface area (TPSA) is 72.5 Å². The minimum Gasteiger partial charge on any atom is -0.486 e. The van der Waals surface area contributed by atoms with Crippen molar-refractivity contribution in [1.29, 1.82) is 0 Å². The summed E-state index contributed by atoms with van der Waals surface area (Å²) in [7, 11) is -3.99. The molecule has 0 saturated carbocycles. The first-order valence-corrected chi connectivity index (χ1v) is 9.54. The maximum atomic E-state index is 14.0. The van der Waals surface area contributed by atoms with Crippen LogP contribution in [0.5, 0.6) is 5.75 Å². The summed E-state index contributed by atoms with van der Waals surface area (Å²) in [5, 5.41) is -0.590. The number of sulfonamides is 1. The van der Waals surface area contributed by atoms with Crippen LogP contribution >= 0.6 is 11.6 Å². The maximum absolute atomic E-state index is 14.0. The number of halogens is 6. The highest BCUT2D eigenvalue weighted by Gasteiger charge is 2.33. The van der Waals surface area contributed by atoms with Crippen molar-refractivity contribution < 1.29 is 39.9 Å². The number of amides is 1. The van der Waals surface area contributed by atoms with Gasteiger partial charge in [0.15, 0.2) is 11.6 Å². The van der Waals surface area contributed by atoms with Gasteiger partial charge in [-0.2, -0.15) is 13.2 Å². The predicted molar refractivity (Wildman–Crippen MR) is 89.5 cm³/mol. The van der Waals surface area contributed by atoms with Crippen molar-refractivity contribution in [2.24, 2.45) is 0 Å². The zero-order valence-corrected chi connectivity index (χ0v) is 15.5. The summed E-state index contributed by atoms with van der Waals surface area (Å²) in [4.78, 5) is 11.6. The van der Waals surface area contributed by atoms with Crippen molar-refractivity contribution in [2.75, 3.05) is 6.26 Å². The van der Waals surface area contributed by atoms with Crippen molar-refractivity contribution in [2.45, 2.75) is 12.8 Å². The Hall–Kier alpha value is -2.40. The second-order valence-corrected chi connectivity index (χ2v) is 7.72. The fraction of sp³-hybridized carbons (Fsp3) is 0.188. The fourth-order valence-electron chi connectivity index (χ4n) is 2.08. The third kappa shape index (κ3) is 5.55. The van der Waals surface area contributed by atoms with Gasteiger partial charge in [0.05, 0.1) is 22.4 Å². The number of hydrogen-bond donors (Lipinski definition) is 1. The van der Waals surface area contributed by atoms with Crippen molar-refractivity contribution in [3.8, 4) is 5.75 Å². The average molecular weight is 444 g/mol. The Labute approximate surface area is 161 Å². The molecule has 2 aromatic rings. The van der Waals surface area contributed by atoms with E-state index in [2.05, 4.69) is 0 Å². The molecule has 2 rings (SSSR count). The minimum atomic E-state index is -4.64. The summed E-state index contributed by atoms with van der Waals surface area (Å²) >= 11 is 5.56. The summed E-state index contributed by atoms with van der Waals surface area (Å²) in [5.74, 6) is -4.45. The van der Waals surface area contributed by atoms with Crippen molar-refractivity contribution >= 4 is 27.5 Å². The molecule has 0 radical (unpaired) electrons. The number of hydrogen-bond acceptors (Lipinski definition) is 4. The standard InChI is InChI=1S/C16H11ClF5NO4S/c1-28(25,26)23-15(24)9-5-13(19)14(6-12(9)18)27-7-8-2-3-10(11(17)4-8)16(20,21)22/h2-6H,7H2,1H3,(H,23,24). The van der Waals surface area contributed by atoms with Gasteiger partial charge in [-0.05, 0) is 23.8 Å². The Bertz CT molecular complexity index is 1020. The lowest BCUT2D eigenvalue weighted by Crippen LogP contribution is -2.30. The molecular formula is C16H11ClF5NO4S. The van der Waals surface area contributed by atoms with E-state index < -0.39 is 62.2 Å². The van der Waals surface area contributed by atoms with E-state index in [0.717, 1.165) is 18.2 Å². The smallest absolute Gasteiger partial charge is 0.417 e. The second kappa shape index (κ2) is 7.92. The van der Waals surface area contributed by atoms with Crippen LogP contribution in [-0.2, 0) is 22.8 Å². The SMILES string of the molecule is CS(=O)(=O)NC(=O)c1cc(F)c(OCc2ccc(C(F)(F)F)c(Cl)c2)cc1F. The summed E-state index contributed by atoms with van der Waals surface area (Å²) in [6.45, 7) is -0.441. The molecule has 152 valence electrons. The molecule has 0 aliphatic rings. The van der Waals surface area contributed by atoms with Crippen LogP contribution in [0.25, 0.3) is 0 Å². The average Bonchev–Trinajstić information content (AvgIpc) is 2.52. The lowest BCUT2D eigenvalue weighted by Gasteiger charge is -2.12. The molecule has 0 fully saturated rings. The molecule has 0 atom stereocenters. The highest BCUT2D eigenvalue weighted by Crippen LogP contribution is 2.35. The lowest BCUT2D eigenvalue weighted by atomic mass is 10.1. The van der Waals surface area contributed by atoms with Gasteiger partial charge in [0.1, 0.15) is 12.4 Å². The van der Waals surface area contributed by atoms with Gasteiger partial charge in [0, 0.05) is 6.07 Å². The van der Waals surface area contributed by atoms with E-state index in [1.165, 1.54) is 4.72 Å². The molecule has 0 aliphatic carbocycles. The van der Waals surface area contributed by atoms with Crippen LogP contribution in [0.3, 0.4) is 0 Å². The van der Waals surface area contributed by atoms with Crippen LogP contribution in [0.4, 0.5) is 22.0 Å². The molecule has 28 heavy (non-hydrogen) atoms. The number of carbonyl (C=O) groups excluding carboxylic acids is 1. The van der Waals surface area contributed by atoms with Crippen LogP contribution < -0.4 is 9.46 Å². The highest BCUT2D eigenvalue weighted by molar-refractivity contribution is 7.89. The summed E-state index contributed by atoms with van der Waals surface area (Å²) < 4.78 is 94.5. The molecular weight excluding hydrogens is 433 g/mol. The largest absolute Gasteiger partial charge is 0.486 e. The molecule has 0 spiro atoms. The van der Waals surface area contributed by atoms with Crippen LogP contribution in [0, 0.1) is 11.6 Å². The van der Waals surface area contributed by atoms with E-state index in [-0.39, 0.29) is 5.56 Å². The Morgan fingerprint density at radius 2 is 1.79 bits per heavy atom. The zero-order chi connectivity index (χ0) is 21.3. The van der Waals surface area contributed by atoms with E-state index in [9.17, 15) is 35.2 Å². The molecule has 12 heteroatoms. The third-order valence-corrected chi connectivity index (χ3v) is 4.15. The fourth-order valence-corrected chi connectivity index (χ4v) is 2.83. The highest BCUT2D eigenvalue weighted by atomic mass is 35.5. The van der Waals surface area contributed by atoms with Gasteiger partial charge in [-0.3, -0.25) is 4.79 Å². The van der Waals surface area contributed by atoms with Gasteiger partial charge < -0.3 is 4.74 Å². The molecule has 5 nitrogen and oxygen atoms in total. The van der Waals surface area contributed by atoms with Gasteiger partial charge in [-0.15, -0.1) is 0 Å². The maximum Gasteiger partial charge on any atom is 0.417 e. The summed E-state index contributed by atoms with van der Waals surface area (Å²) in [6, 6.07) is 3.68. The molecule has 0 unspecified atom stereocenters. The molecule has 0 saturated heterocycles. The van der Waals surface area contributed by atoms with Gasteiger partial charge >= 0.3 is 6.18 Å². The van der Waals surface area contributed by atoms with E-state index in [4.69, 9.17) is 16.3 Å². The van der Waals surface area contributed by atoms with Gasteiger partial charge in [-0.1, -0.05) is 17.7 Å². The van der Waals surface area contributed by atoms with Crippen molar-refractivity contribution in [3.63, 3.8) is 0 Å². The molecule has 0 aromatic heterocycles. The van der Waals surface area contributed by atoms with Crippen LogP contribution in [-0.4, -0.2) is 20.6 Å². The quantitative estimate of drug-likeness (QED) is 0.711. The second-order valence-electron chi connectivity index (χ2n) is 5.57. The molecule has 0 bridgehead atoms. The minimum absolute atomic E-state index is 0.150.